The van der Waals surface area contributed by atoms with Crippen LogP contribution in [0.15, 0.2) is 24.3 Å². The van der Waals surface area contributed by atoms with E-state index in [1.807, 2.05) is 0 Å². The molecule has 1 aliphatic heterocycles. The lowest BCUT2D eigenvalue weighted by molar-refractivity contribution is -0.385. The third-order valence-corrected chi connectivity index (χ3v) is 3.66. The molecule has 1 saturated heterocycles. The number of carbonyl (C=O) groups excluding carboxylic acids is 1. The molecule has 122 valence electrons. The number of halogens is 1. The minimum atomic E-state index is -0.518. The van der Waals surface area contributed by atoms with Crippen molar-refractivity contribution >= 4 is 24.0 Å². The summed E-state index contributed by atoms with van der Waals surface area (Å²) in [6, 6.07) is 6.26. The Labute approximate surface area is 135 Å². The number of ether oxygens (including phenoxy) is 1. The van der Waals surface area contributed by atoms with Gasteiger partial charge in [0.05, 0.1) is 4.92 Å². The lowest BCUT2D eigenvalue weighted by Gasteiger charge is -2.31. The first-order valence-corrected chi connectivity index (χ1v) is 6.92. The number of amides is 1. The van der Waals surface area contributed by atoms with E-state index in [2.05, 4.69) is 5.32 Å². The molecule has 7 nitrogen and oxygen atoms in total. The Balaban J connectivity index is 0.00000242. The molecular formula is C14H20ClN3O4. The largest absolute Gasteiger partial charge is 0.477 e. The Hall–Kier alpha value is -1.86. The molecule has 0 radical (unpaired) electrons. The zero-order valence-electron chi connectivity index (χ0n) is 12.4. The van der Waals surface area contributed by atoms with Gasteiger partial charge in [-0.15, -0.1) is 12.4 Å². The number of para-hydroxylation sites is 2. The molecule has 1 amide bonds. The fourth-order valence-corrected chi connectivity index (χ4v) is 2.37. The van der Waals surface area contributed by atoms with E-state index in [1.165, 1.54) is 12.1 Å². The lowest BCUT2D eigenvalue weighted by Crippen LogP contribution is -2.45. The molecule has 1 aromatic carbocycles. The van der Waals surface area contributed by atoms with Gasteiger partial charge in [0.25, 0.3) is 5.91 Å². The van der Waals surface area contributed by atoms with Crippen LogP contribution in [0.3, 0.4) is 0 Å². The van der Waals surface area contributed by atoms with Crippen LogP contribution in [-0.2, 0) is 4.79 Å². The zero-order chi connectivity index (χ0) is 15.2. The number of nitro benzene ring substituents is 1. The smallest absolute Gasteiger partial charge is 0.310 e. The van der Waals surface area contributed by atoms with Crippen LogP contribution in [0.25, 0.3) is 0 Å². The second-order valence-electron chi connectivity index (χ2n) is 5.00. The molecule has 8 heteroatoms. The zero-order valence-corrected chi connectivity index (χ0v) is 13.2. The fraction of sp³-hybridized carbons (Fsp3) is 0.500. The summed E-state index contributed by atoms with van der Waals surface area (Å²) in [5.74, 6) is -0.0467. The topological polar surface area (TPSA) is 84.7 Å². The molecule has 0 aromatic heterocycles. The van der Waals surface area contributed by atoms with Gasteiger partial charge in [-0.2, -0.15) is 0 Å². The van der Waals surface area contributed by atoms with Crippen molar-refractivity contribution in [3.8, 4) is 5.75 Å². The summed E-state index contributed by atoms with van der Waals surface area (Å²) < 4.78 is 5.32. The molecule has 0 spiro atoms. The van der Waals surface area contributed by atoms with Gasteiger partial charge in [-0.05, 0) is 32.0 Å². The van der Waals surface area contributed by atoms with Crippen molar-refractivity contribution in [1.29, 1.82) is 0 Å². The van der Waals surface area contributed by atoms with Crippen molar-refractivity contribution in [2.24, 2.45) is 0 Å². The second-order valence-corrected chi connectivity index (χ2v) is 5.00. The highest BCUT2D eigenvalue weighted by Gasteiger charge is 2.23. The van der Waals surface area contributed by atoms with Crippen molar-refractivity contribution in [3.05, 3.63) is 34.4 Å². The summed E-state index contributed by atoms with van der Waals surface area (Å²) in [6.07, 6.45) is 1.82. The standard InChI is InChI=1S/C14H19N3O4.ClH/c1-16(11-6-8-15-9-7-11)14(18)10-21-13-5-3-2-4-12(13)17(19)20;/h2-5,11,15H,6-10H2,1H3;1H. The number of piperidine rings is 1. The van der Waals surface area contributed by atoms with Crippen molar-refractivity contribution in [2.45, 2.75) is 18.9 Å². The van der Waals surface area contributed by atoms with Gasteiger partial charge in [-0.25, -0.2) is 0 Å². The number of benzene rings is 1. The van der Waals surface area contributed by atoms with E-state index >= 15 is 0 Å². The van der Waals surface area contributed by atoms with Crippen molar-refractivity contribution in [3.63, 3.8) is 0 Å². The molecule has 0 unspecified atom stereocenters. The fourth-order valence-electron chi connectivity index (χ4n) is 2.37. The summed E-state index contributed by atoms with van der Waals surface area (Å²) in [5, 5.41) is 14.1. The van der Waals surface area contributed by atoms with E-state index < -0.39 is 4.92 Å². The van der Waals surface area contributed by atoms with Gasteiger partial charge >= 0.3 is 5.69 Å². The first-order valence-electron chi connectivity index (χ1n) is 6.92. The average molecular weight is 330 g/mol. The highest BCUT2D eigenvalue weighted by Crippen LogP contribution is 2.25. The predicted octanol–water partition coefficient (Wildman–Crippen LogP) is 1.61. The van der Waals surface area contributed by atoms with E-state index in [9.17, 15) is 14.9 Å². The van der Waals surface area contributed by atoms with E-state index in [0.717, 1.165) is 25.9 Å². The van der Waals surface area contributed by atoms with Crippen LogP contribution >= 0.6 is 12.4 Å². The van der Waals surface area contributed by atoms with Gasteiger partial charge in [0.1, 0.15) is 0 Å². The summed E-state index contributed by atoms with van der Waals surface area (Å²) in [4.78, 5) is 24.1. The Morgan fingerprint density at radius 1 is 1.41 bits per heavy atom. The number of carbonyl (C=O) groups is 1. The number of hydrogen-bond acceptors (Lipinski definition) is 5. The quantitative estimate of drug-likeness (QED) is 0.655. The predicted molar refractivity (Wildman–Crippen MR) is 84.5 cm³/mol. The first kappa shape index (κ1) is 18.2. The molecule has 0 aliphatic carbocycles. The summed E-state index contributed by atoms with van der Waals surface area (Å²) in [7, 11) is 1.75. The van der Waals surface area contributed by atoms with Crippen molar-refractivity contribution in [2.75, 3.05) is 26.7 Å². The van der Waals surface area contributed by atoms with Crippen LogP contribution in [0.2, 0.25) is 0 Å². The average Bonchev–Trinajstić information content (AvgIpc) is 2.52. The van der Waals surface area contributed by atoms with E-state index in [4.69, 9.17) is 4.74 Å². The number of nitrogens with zero attached hydrogens (tertiary/aromatic N) is 2. The van der Waals surface area contributed by atoms with Crippen molar-refractivity contribution < 1.29 is 14.5 Å². The van der Waals surface area contributed by atoms with Crippen LogP contribution in [0.4, 0.5) is 5.69 Å². The molecule has 1 fully saturated rings. The Kier molecular flexibility index (Phi) is 7.07. The SMILES string of the molecule is CN(C(=O)COc1ccccc1[N+](=O)[O-])C1CCNCC1.Cl. The molecule has 0 bridgehead atoms. The van der Waals surface area contributed by atoms with E-state index in [0.29, 0.717) is 0 Å². The van der Waals surface area contributed by atoms with Crippen molar-refractivity contribution in [1.82, 2.24) is 10.2 Å². The minimum absolute atomic E-state index is 0. The number of nitro groups is 1. The summed E-state index contributed by atoms with van der Waals surface area (Å²) in [5.41, 5.74) is -0.130. The maximum absolute atomic E-state index is 12.1. The molecule has 1 heterocycles. The molecule has 1 aromatic rings. The molecule has 0 atom stereocenters. The summed E-state index contributed by atoms with van der Waals surface area (Å²) >= 11 is 0. The summed E-state index contributed by atoms with van der Waals surface area (Å²) in [6.45, 7) is 1.60. The first-order chi connectivity index (χ1) is 10.1. The van der Waals surface area contributed by atoms with Crippen LogP contribution in [0.5, 0.6) is 5.75 Å². The Bertz CT molecular complexity index is 521. The van der Waals surface area contributed by atoms with Gasteiger partial charge in [-0.3, -0.25) is 14.9 Å². The number of nitrogens with one attached hydrogen (secondary N) is 1. The molecule has 1 aliphatic rings. The highest BCUT2D eigenvalue weighted by molar-refractivity contribution is 5.85. The van der Waals surface area contributed by atoms with E-state index in [-0.39, 0.29) is 42.4 Å². The van der Waals surface area contributed by atoms with Gasteiger partial charge in [-0.1, -0.05) is 12.1 Å². The van der Waals surface area contributed by atoms with Crippen LogP contribution in [0.1, 0.15) is 12.8 Å². The van der Waals surface area contributed by atoms with Crippen LogP contribution in [0, 0.1) is 10.1 Å². The van der Waals surface area contributed by atoms with E-state index in [1.54, 1.807) is 24.1 Å². The number of hydrogen-bond donors (Lipinski definition) is 1. The molecular weight excluding hydrogens is 310 g/mol. The van der Waals surface area contributed by atoms with Gasteiger partial charge in [0, 0.05) is 19.2 Å². The molecule has 2 rings (SSSR count). The Morgan fingerprint density at radius 2 is 2.05 bits per heavy atom. The molecule has 0 saturated carbocycles. The molecule has 1 N–H and O–H groups in total. The third-order valence-electron chi connectivity index (χ3n) is 3.66. The number of likely N-dealkylation sites (N-methyl/N-ethyl adjacent to an activating group) is 1. The van der Waals surface area contributed by atoms with Gasteiger partial charge in [0.15, 0.2) is 12.4 Å². The third kappa shape index (κ3) is 4.57. The lowest BCUT2D eigenvalue weighted by atomic mass is 10.1. The van der Waals surface area contributed by atoms with Gasteiger partial charge < -0.3 is 15.0 Å². The Morgan fingerprint density at radius 3 is 2.68 bits per heavy atom. The monoisotopic (exact) mass is 329 g/mol. The maximum Gasteiger partial charge on any atom is 0.310 e. The van der Waals surface area contributed by atoms with Crippen LogP contribution in [-0.4, -0.2) is 48.5 Å². The van der Waals surface area contributed by atoms with Crippen LogP contribution < -0.4 is 10.1 Å². The second kappa shape index (κ2) is 8.55. The number of rotatable bonds is 5. The van der Waals surface area contributed by atoms with Gasteiger partial charge in [0.2, 0.25) is 0 Å². The highest BCUT2D eigenvalue weighted by atomic mass is 35.5. The molecule has 22 heavy (non-hydrogen) atoms. The maximum atomic E-state index is 12.1. The minimum Gasteiger partial charge on any atom is -0.477 e. The normalized spacial score (nSPS) is 14.8.